The summed E-state index contributed by atoms with van der Waals surface area (Å²) in [5.41, 5.74) is 0. The first-order valence-corrected chi connectivity index (χ1v) is 10.2. The van der Waals surface area contributed by atoms with Crippen molar-refractivity contribution in [3.8, 4) is 0 Å². The van der Waals surface area contributed by atoms with Crippen molar-refractivity contribution in [1.82, 2.24) is 0 Å². The zero-order chi connectivity index (χ0) is 16.5. The van der Waals surface area contributed by atoms with E-state index >= 15 is 0 Å². The molecule has 1 nitrogen and oxygen atoms in total. The summed E-state index contributed by atoms with van der Waals surface area (Å²) in [6.07, 6.45) is 22.3. The van der Waals surface area contributed by atoms with E-state index in [1.807, 2.05) is 0 Å². The maximum atomic E-state index is 7.20. The fourth-order valence-corrected chi connectivity index (χ4v) is 3.35. The van der Waals surface area contributed by atoms with Gasteiger partial charge in [0.05, 0.1) is 0 Å². The van der Waals surface area contributed by atoms with E-state index < -0.39 is 0 Å². The van der Waals surface area contributed by atoms with Crippen molar-refractivity contribution in [2.75, 3.05) is 0 Å². The minimum absolute atomic E-state index is 0.770. The van der Waals surface area contributed by atoms with Crippen LogP contribution in [-0.4, -0.2) is 6.21 Å². The molecule has 0 aromatic carbocycles. The Kier molecular flexibility index (Phi) is 16.8. The molecule has 0 heterocycles. The van der Waals surface area contributed by atoms with Gasteiger partial charge in [-0.2, -0.15) is 0 Å². The van der Waals surface area contributed by atoms with Gasteiger partial charge in [-0.15, -0.1) is 0 Å². The third-order valence-corrected chi connectivity index (χ3v) is 5.14. The molecule has 132 valence electrons. The first-order valence-electron chi connectivity index (χ1n) is 10.2. The van der Waals surface area contributed by atoms with Crippen LogP contribution in [0.3, 0.4) is 0 Å². The van der Waals surface area contributed by atoms with Crippen molar-refractivity contribution in [2.24, 2.45) is 11.8 Å². The first-order chi connectivity index (χ1) is 10.7. The van der Waals surface area contributed by atoms with Gasteiger partial charge >= 0.3 is 0 Å². The second-order valence-corrected chi connectivity index (χ2v) is 7.37. The first kappa shape index (κ1) is 21.7. The third kappa shape index (κ3) is 14.6. The van der Waals surface area contributed by atoms with Crippen molar-refractivity contribution < 1.29 is 0 Å². The summed E-state index contributed by atoms with van der Waals surface area (Å²) in [6, 6.07) is 0. The lowest BCUT2D eigenvalue weighted by Gasteiger charge is -2.12. The van der Waals surface area contributed by atoms with Gasteiger partial charge in [-0.25, -0.2) is 0 Å². The fraction of sp³-hybridized carbons (Fsp3) is 0.952. The number of rotatable bonds is 17. The standard InChI is InChI=1S/C21H43N/c1-4-6-12-15-20(3)16-13-10-8-7-9-11-14-17-21(5-2)18-19-22/h19-22H,4-18H2,1-3H3. The molecule has 2 atom stereocenters. The van der Waals surface area contributed by atoms with Gasteiger partial charge in [-0.3, -0.25) is 0 Å². The van der Waals surface area contributed by atoms with Gasteiger partial charge in [0.2, 0.25) is 0 Å². The van der Waals surface area contributed by atoms with Crippen LogP contribution >= 0.6 is 0 Å². The molecule has 0 aliphatic carbocycles. The third-order valence-electron chi connectivity index (χ3n) is 5.14. The highest BCUT2D eigenvalue weighted by Gasteiger charge is 2.04. The summed E-state index contributed by atoms with van der Waals surface area (Å²) < 4.78 is 0. The molecular weight excluding hydrogens is 266 g/mol. The Balaban J connectivity index is 3.24. The van der Waals surface area contributed by atoms with Gasteiger partial charge in [0, 0.05) is 0 Å². The molecule has 0 fully saturated rings. The molecule has 0 rings (SSSR count). The summed E-state index contributed by atoms with van der Waals surface area (Å²) in [6.45, 7) is 6.99. The predicted octanol–water partition coefficient (Wildman–Crippen LogP) is 7.78. The smallest absolute Gasteiger partial charge is 0.00450 e. The van der Waals surface area contributed by atoms with Gasteiger partial charge in [0.25, 0.3) is 0 Å². The predicted molar refractivity (Wildman–Crippen MR) is 102 cm³/mol. The second-order valence-electron chi connectivity index (χ2n) is 7.37. The van der Waals surface area contributed by atoms with Crippen LogP contribution in [0.25, 0.3) is 0 Å². The van der Waals surface area contributed by atoms with Gasteiger partial charge in [-0.1, -0.05) is 111 Å². The van der Waals surface area contributed by atoms with Gasteiger partial charge in [0.15, 0.2) is 0 Å². The van der Waals surface area contributed by atoms with Crippen molar-refractivity contribution in [3.63, 3.8) is 0 Å². The molecule has 0 aliphatic rings. The van der Waals surface area contributed by atoms with Gasteiger partial charge in [-0.05, 0) is 24.5 Å². The van der Waals surface area contributed by atoms with Crippen LogP contribution in [-0.2, 0) is 0 Å². The van der Waals surface area contributed by atoms with Crippen molar-refractivity contribution in [3.05, 3.63) is 0 Å². The Morgan fingerprint density at radius 3 is 1.73 bits per heavy atom. The topological polar surface area (TPSA) is 23.9 Å². The van der Waals surface area contributed by atoms with Crippen LogP contribution in [0.4, 0.5) is 0 Å². The van der Waals surface area contributed by atoms with E-state index in [4.69, 9.17) is 5.41 Å². The van der Waals surface area contributed by atoms with E-state index in [9.17, 15) is 0 Å². The van der Waals surface area contributed by atoms with Crippen LogP contribution in [0.15, 0.2) is 0 Å². The van der Waals surface area contributed by atoms with Crippen LogP contribution in [0, 0.1) is 17.2 Å². The van der Waals surface area contributed by atoms with E-state index in [1.54, 1.807) is 6.21 Å². The van der Waals surface area contributed by atoms with Crippen molar-refractivity contribution in [1.29, 1.82) is 5.41 Å². The zero-order valence-corrected chi connectivity index (χ0v) is 15.8. The highest BCUT2D eigenvalue weighted by atomic mass is 14.3. The highest BCUT2D eigenvalue weighted by Crippen LogP contribution is 2.19. The van der Waals surface area contributed by atoms with Crippen molar-refractivity contribution in [2.45, 2.75) is 117 Å². The average molecular weight is 310 g/mol. The van der Waals surface area contributed by atoms with E-state index in [2.05, 4.69) is 20.8 Å². The number of unbranched alkanes of at least 4 members (excludes halogenated alkanes) is 8. The Hall–Kier alpha value is -0.330. The largest absolute Gasteiger partial charge is 0.313 e. The molecule has 0 bridgehead atoms. The Labute approximate surface area is 141 Å². The Morgan fingerprint density at radius 1 is 0.727 bits per heavy atom. The highest BCUT2D eigenvalue weighted by molar-refractivity contribution is 5.53. The Morgan fingerprint density at radius 2 is 1.23 bits per heavy atom. The lowest BCUT2D eigenvalue weighted by molar-refractivity contribution is 0.431. The lowest BCUT2D eigenvalue weighted by atomic mass is 9.94. The van der Waals surface area contributed by atoms with Crippen LogP contribution < -0.4 is 0 Å². The van der Waals surface area contributed by atoms with Gasteiger partial charge in [0.1, 0.15) is 0 Å². The monoisotopic (exact) mass is 309 g/mol. The molecule has 2 unspecified atom stereocenters. The molecule has 22 heavy (non-hydrogen) atoms. The molecule has 0 saturated heterocycles. The van der Waals surface area contributed by atoms with E-state index in [0.29, 0.717) is 0 Å². The molecule has 0 aromatic rings. The molecule has 0 spiro atoms. The Bertz CT molecular complexity index is 224. The van der Waals surface area contributed by atoms with Crippen LogP contribution in [0.2, 0.25) is 0 Å². The number of nitrogens with one attached hydrogen (secondary N) is 1. The van der Waals surface area contributed by atoms with Crippen LogP contribution in [0.1, 0.15) is 117 Å². The van der Waals surface area contributed by atoms with Gasteiger partial charge < -0.3 is 5.41 Å². The maximum absolute atomic E-state index is 7.20. The molecule has 0 amide bonds. The minimum atomic E-state index is 0.770. The fourth-order valence-electron chi connectivity index (χ4n) is 3.35. The second kappa shape index (κ2) is 17.0. The number of hydrogen-bond donors (Lipinski definition) is 1. The lowest BCUT2D eigenvalue weighted by Crippen LogP contribution is -1.99. The molecule has 1 heteroatoms. The number of hydrogen-bond acceptors (Lipinski definition) is 1. The summed E-state index contributed by atoms with van der Waals surface area (Å²) in [5.74, 6) is 1.72. The molecular formula is C21H43N. The minimum Gasteiger partial charge on any atom is -0.313 e. The molecule has 0 radical (unpaired) electrons. The molecule has 0 saturated carbocycles. The SMILES string of the molecule is CCCCCC(C)CCCCCCCCCC(CC)CC=N. The average Bonchev–Trinajstić information content (AvgIpc) is 2.52. The quantitative estimate of drug-likeness (QED) is 0.209. The van der Waals surface area contributed by atoms with E-state index in [0.717, 1.165) is 18.3 Å². The molecule has 0 aliphatic heterocycles. The maximum Gasteiger partial charge on any atom is -0.00450 e. The van der Waals surface area contributed by atoms with Crippen LogP contribution in [0.5, 0.6) is 0 Å². The summed E-state index contributed by atoms with van der Waals surface area (Å²) >= 11 is 0. The summed E-state index contributed by atoms with van der Waals surface area (Å²) in [4.78, 5) is 0. The summed E-state index contributed by atoms with van der Waals surface area (Å²) in [5, 5.41) is 7.20. The normalized spacial score (nSPS) is 14.0. The van der Waals surface area contributed by atoms with E-state index in [1.165, 1.54) is 89.9 Å². The zero-order valence-electron chi connectivity index (χ0n) is 15.8. The molecule has 0 aromatic heterocycles. The van der Waals surface area contributed by atoms with E-state index in [-0.39, 0.29) is 0 Å². The summed E-state index contributed by atoms with van der Waals surface area (Å²) in [7, 11) is 0. The van der Waals surface area contributed by atoms with Crippen molar-refractivity contribution >= 4 is 6.21 Å². The molecule has 1 N–H and O–H groups in total.